The molecule has 0 spiro atoms. The van der Waals surface area contributed by atoms with Crippen molar-refractivity contribution >= 4 is 27.3 Å². The molecule has 17 heavy (non-hydrogen) atoms. The molecule has 98 valence electrons. The van der Waals surface area contributed by atoms with E-state index in [-0.39, 0.29) is 0 Å². The molecule has 1 aromatic rings. The summed E-state index contributed by atoms with van der Waals surface area (Å²) in [6.07, 6.45) is 3.92. The topological polar surface area (TPSA) is 15.3 Å². The molecule has 0 aromatic carbocycles. The Bertz CT molecular complexity index is 301. The van der Waals surface area contributed by atoms with Crippen LogP contribution in [0.15, 0.2) is 15.2 Å². The second-order valence-corrected chi connectivity index (χ2v) is 6.70. The second kappa shape index (κ2) is 9.09. The molecule has 4 heteroatoms. The van der Waals surface area contributed by atoms with Crippen LogP contribution in [0.25, 0.3) is 0 Å². The predicted molar refractivity (Wildman–Crippen MR) is 80.7 cm³/mol. The highest BCUT2D eigenvalue weighted by Gasteiger charge is 2.02. The van der Waals surface area contributed by atoms with Crippen molar-refractivity contribution in [2.24, 2.45) is 0 Å². The first-order chi connectivity index (χ1) is 8.22. The van der Waals surface area contributed by atoms with Crippen LogP contribution in [0.5, 0.6) is 0 Å². The standard InChI is InChI=1S/C13H23BrN2S/c1-3-15-7-5-4-6-8-16(2)10-12-9-13(14)17-11-12/h9,11,15H,3-8,10H2,1-2H3. The normalized spacial score (nSPS) is 11.3. The lowest BCUT2D eigenvalue weighted by Gasteiger charge is -2.15. The number of unbranched alkanes of at least 4 members (excludes halogenated alkanes) is 2. The molecule has 1 heterocycles. The summed E-state index contributed by atoms with van der Waals surface area (Å²) in [6.45, 7) is 6.67. The first kappa shape index (κ1) is 15.2. The van der Waals surface area contributed by atoms with Gasteiger partial charge < -0.3 is 10.2 Å². The van der Waals surface area contributed by atoms with Gasteiger partial charge in [0.05, 0.1) is 3.79 Å². The lowest BCUT2D eigenvalue weighted by Crippen LogP contribution is -2.19. The lowest BCUT2D eigenvalue weighted by molar-refractivity contribution is 0.317. The molecule has 2 nitrogen and oxygen atoms in total. The number of nitrogens with one attached hydrogen (secondary N) is 1. The Hall–Kier alpha value is 0.100. The molecular formula is C13H23BrN2S. The van der Waals surface area contributed by atoms with E-state index in [1.807, 2.05) is 0 Å². The van der Waals surface area contributed by atoms with Gasteiger partial charge in [-0.2, -0.15) is 0 Å². The molecule has 0 aliphatic rings. The first-order valence-corrected chi connectivity index (χ1v) is 8.01. The average molecular weight is 319 g/mol. The Kier molecular flexibility index (Phi) is 8.10. The van der Waals surface area contributed by atoms with E-state index in [0.29, 0.717) is 0 Å². The summed E-state index contributed by atoms with van der Waals surface area (Å²) in [4.78, 5) is 2.40. The Labute approximate surface area is 118 Å². The first-order valence-electron chi connectivity index (χ1n) is 6.34. The fourth-order valence-corrected chi connectivity index (χ4v) is 3.01. The minimum atomic E-state index is 1.06. The van der Waals surface area contributed by atoms with Gasteiger partial charge in [0.25, 0.3) is 0 Å². The summed E-state index contributed by atoms with van der Waals surface area (Å²) in [5.74, 6) is 0. The van der Waals surface area contributed by atoms with Crippen molar-refractivity contribution in [2.75, 3.05) is 26.7 Å². The molecule has 0 fully saturated rings. The fourth-order valence-electron chi connectivity index (χ4n) is 1.80. The maximum atomic E-state index is 3.50. The second-order valence-electron chi connectivity index (χ2n) is 4.41. The van der Waals surface area contributed by atoms with E-state index >= 15 is 0 Å². The van der Waals surface area contributed by atoms with Crippen molar-refractivity contribution in [2.45, 2.75) is 32.7 Å². The number of hydrogen-bond donors (Lipinski definition) is 1. The molecule has 0 atom stereocenters. The maximum Gasteiger partial charge on any atom is 0.0701 e. The molecule has 0 amide bonds. The summed E-state index contributed by atoms with van der Waals surface area (Å²) >= 11 is 5.27. The van der Waals surface area contributed by atoms with E-state index in [2.05, 4.69) is 51.6 Å². The molecule has 0 unspecified atom stereocenters. The number of hydrogen-bond acceptors (Lipinski definition) is 3. The maximum absolute atomic E-state index is 3.50. The summed E-state index contributed by atoms with van der Waals surface area (Å²) in [5, 5.41) is 5.59. The summed E-state index contributed by atoms with van der Waals surface area (Å²) in [7, 11) is 2.20. The van der Waals surface area contributed by atoms with Gasteiger partial charge in [0.1, 0.15) is 0 Å². The number of rotatable bonds is 9. The van der Waals surface area contributed by atoms with E-state index in [1.54, 1.807) is 11.3 Å². The van der Waals surface area contributed by atoms with E-state index in [9.17, 15) is 0 Å². The van der Waals surface area contributed by atoms with Crippen LogP contribution in [0.1, 0.15) is 31.7 Å². The third-order valence-electron chi connectivity index (χ3n) is 2.72. The molecule has 1 aromatic heterocycles. The Morgan fingerprint density at radius 2 is 2.18 bits per heavy atom. The van der Waals surface area contributed by atoms with E-state index in [4.69, 9.17) is 0 Å². The SMILES string of the molecule is CCNCCCCCN(C)Cc1csc(Br)c1. The van der Waals surface area contributed by atoms with E-state index in [0.717, 1.165) is 19.6 Å². The van der Waals surface area contributed by atoms with Gasteiger partial charge in [-0.3, -0.25) is 0 Å². The minimum absolute atomic E-state index is 1.06. The largest absolute Gasteiger partial charge is 0.317 e. The van der Waals surface area contributed by atoms with Gasteiger partial charge in [-0.25, -0.2) is 0 Å². The van der Waals surface area contributed by atoms with E-state index < -0.39 is 0 Å². The van der Waals surface area contributed by atoms with Crippen molar-refractivity contribution in [1.29, 1.82) is 0 Å². The van der Waals surface area contributed by atoms with Crippen molar-refractivity contribution < 1.29 is 0 Å². The van der Waals surface area contributed by atoms with Gasteiger partial charge in [-0.15, -0.1) is 11.3 Å². The zero-order chi connectivity index (χ0) is 12.5. The molecule has 0 saturated heterocycles. The number of thiophene rings is 1. The predicted octanol–water partition coefficient (Wildman–Crippen LogP) is 3.72. The van der Waals surface area contributed by atoms with Gasteiger partial charge in [0.15, 0.2) is 0 Å². The van der Waals surface area contributed by atoms with Crippen LogP contribution in [0.3, 0.4) is 0 Å². The van der Waals surface area contributed by atoms with E-state index in [1.165, 1.54) is 35.2 Å². The van der Waals surface area contributed by atoms with Crippen molar-refractivity contribution in [3.63, 3.8) is 0 Å². The van der Waals surface area contributed by atoms with Gasteiger partial charge in [-0.1, -0.05) is 13.3 Å². The third-order valence-corrected chi connectivity index (χ3v) is 4.27. The summed E-state index contributed by atoms with van der Waals surface area (Å²) < 4.78 is 1.23. The molecule has 0 bridgehead atoms. The van der Waals surface area contributed by atoms with Crippen LogP contribution < -0.4 is 5.32 Å². The van der Waals surface area contributed by atoms with Crippen molar-refractivity contribution in [3.8, 4) is 0 Å². The fraction of sp³-hybridized carbons (Fsp3) is 0.692. The highest BCUT2D eigenvalue weighted by molar-refractivity contribution is 9.11. The summed E-state index contributed by atoms with van der Waals surface area (Å²) in [5.41, 5.74) is 1.41. The lowest BCUT2D eigenvalue weighted by atomic mass is 10.2. The molecule has 1 N–H and O–H groups in total. The smallest absolute Gasteiger partial charge is 0.0701 e. The monoisotopic (exact) mass is 318 g/mol. The molecule has 0 radical (unpaired) electrons. The Morgan fingerprint density at radius 1 is 1.35 bits per heavy atom. The molecular weight excluding hydrogens is 296 g/mol. The number of halogens is 1. The molecule has 0 saturated carbocycles. The average Bonchev–Trinajstić information content (AvgIpc) is 2.69. The summed E-state index contributed by atoms with van der Waals surface area (Å²) in [6, 6.07) is 2.21. The van der Waals surface area contributed by atoms with Crippen molar-refractivity contribution in [3.05, 3.63) is 20.8 Å². The van der Waals surface area contributed by atoms with Gasteiger partial charge in [0.2, 0.25) is 0 Å². The van der Waals surface area contributed by atoms with Gasteiger partial charge >= 0.3 is 0 Å². The highest BCUT2D eigenvalue weighted by atomic mass is 79.9. The third kappa shape index (κ3) is 7.19. The van der Waals surface area contributed by atoms with Gasteiger partial charge in [-0.05, 0) is 72.5 Å². The van der Waals surface area contributed by atoms with Crippen LogP contribution >= 0.6 is 27.3 Å². The number of nitrogens with zero attached hydrogens (tertiary/aromatic N) is 1. The van der Waals surface area contributed by atoms with Crippen LogP contribution in [-0.2, 0) is 6.54 Å². The highest BCUT2D eigenvalue weighted by Crippen LogP contribution is 2.21. The van der Waals surface area contributed by atoms with Gasteiger partial charge in [0, 0.05) is 6.54 Å². The van der Waals surface area contributed by atoms with Crippen LogP contribution in [0.4, 0.5) is 0 Å². The van der Waals surface area contributed by atoms with Crippen LogP contribution in [0.2, 0.25) is 0 Å². The zero-order valence-corrected chi connectivity index (χ0v) is 13.2. The Morgan fingerprint density at radius 3 is 2.82 bits per heavy atom. The molecule has 0 aliphatic heterocycles. The van der Waals surface area contributed by atoms with Crippen LogP contribution in [0, 0.1) is 0 Å². The van der Waals surface area contributed by atoms with Crippen LogP contribution in [-0.4, -0.2) is 31.6 Å². The zero-order valence-electron chi connectivity index (χ0n) is 10.8. The minimum Gasteiger partial charge on any atom is -0.317 e. The van der Waals surface area contributed by atoms with Crippen molar-refractivity contribution in [1.82, 2.24) is 10.2 Å². The Balaban J connectivity index is 2.03. The quantitative estimate of drug-likeness (QED) is 0.698. The molecule has 1 rings (SSSR count). The molecule has 0 aliphatic carbocycles.